The van der Waals surface area contributed by atoms with Gasteiger partial charge in [-0.3, -0.25) is 4.79 Å². The van der Waals surface area contributed by atoms with Gasteiger partial charge in [-0.2, -0.15) is 31.6 Å². The SMILES string of the molecule is CC(Oc1ccc(C#N)c(Cl)c1C(=O)N1CC(c2ccc(C(F)(F)F)cc2)C1)C(F)(F)F. The summed E-state index contributed by atoms with van der Waals surface area (Å²) in [4.78, 5) is 14.2. The molecule has 32 heavy (non-hydrogen) atoms. The smallest absolute Gasteiger partial charge is 0.425 e. The molecule has 1 aliphatic rings. The van der Waals surface area contributed by atoms with Crippen LogP contribution in [0.4, 0.5) is 26.3 Å². The molecular formula is C21H15ClF6N2O2. The van der Waals surface area contributed by atoms with Crippen molar-refractivity contribution in [1.82, 2.24) is 4.90 Å². The van der Waals surface area contributed by atoms with E-state index in [0.29, 0.717) is 5.56 Å². The van der Waals surface area contributed by atoms with Gasteiger partial charge < -0.3 is 9.64 Å². The Labute approximate surface area is 183 Å². The summed E-state index contributed by atoms with van der Waals surface area (Å²) < 4.78 is 81.8. The molecule has 3 rings (SSSR count). The van der Waals surface area contributed by atoms with E-state index in [0.717, 1.165) is 31.2 Å². The predicted molar refractivity (Wildman–Crippen MR) is 102 cm³/mol. The molecule has 0 radical (unpaired) electrons. The van der Waals surface area contributed by atoms with Gasteiger partial charge in [-0.1, -0.05) is 23.7 Å². The summed E-state index contributed by atoms with van der Waals surface area (Å²) in [5.41, 5.74) is -0.690. The van der Waals surface area contributed by atoms with E-state index in [1.165, 1.54) is 17.0 Å². The summed E-state index contributed by atoms with van der Waals surface area (Å²) in [6.45, 7) is 1.00. The molecule has 1 heterocycles. The number of amides is 1. The van der Waals surface area contributed by atoms with Crippen LogP contribution in [0.1, 0.15) is 39.9 Å². The van der Waals surface area contributed by atoms with Gasteiger partial charge in [0.1, 0.15) is 17.4 Å². The number of ether oxygens (including phenoxy) is 1. The van der Waals surface area contributed by atoms with Gasteiger partial charge in [0.2, 0.25) is 0 Å². The number of hydrogen-bond acceptors (Lipinski definition) is 3. The first-order valence-corrected chi connectivity index (χ1v) is 9.63. The quantitative estimate of drug-likeness (QED) is 0.524. The molecule has 1 atom stereocenters. The Morgan fingerprint density at radius 2 is 1.72 bits per heavy atom. The fraction of sp³-hybridized carbons (Fsp3) is 0.333. The van der Waals surface area contributed by atoms with E-state index in [4.69, 9.17) is 21.6 Å². The van der Waals surface area contributed by atoms with Crippen LogP contribution in [-0.4, -0.2) is 36.2 Å². The van der Waals surface area contributed by atoms with E-state index < -0.39 is 35.7 Å². The van der Waals surface area contributed by atoms with Crippen LogP contribution in [0.15, 0.2) is 36.4 Å². The maximum absolute atomic E-state index is 13.0. The summed E-state index contributed by atoms with van der Waals surface area (Å²) >= 11 is 6.11. The number of carbonyl (C=O) groups excluding carboxylic acids is 1. The lowest BCUT2D eigenvalue weighted by molar-refractivity contribution is -0.189. The van der Waals surface area contributed by atoms with Crippen LogP contribution in [0.25, 0.3) is 0 Å². The highest BCUT2D eigenvalue weighted by atomic mass is 35.5. The number of hydrogen-bond donors (Lipinski definition) is 0. The van der Waals surface area contributed by atoms with Crippen molar-refractivity contribution < 1.29 is 35.9 Å². The molecule has 2 aromatic rings. The van der Waals surface area contributed by atoms with Crippen molar-refractivity contribution in [1.29, 1.82) is 5.26 Å². The van der Waals surface area contributed by atoms with Crippen LogP contribution < -0.4 is 4.74 Å². The molecule has 1 aliphatic heterocycles. The predicted octanol–water partition coefficient (Wildman–Crippen LogP) is 5.80. The number of carbonyl (C=O) groups is 1. The van der Waals surface area contributed by atoms with E-state index >= 15 is 0 Å². The molecule has 0 N–H and O–H groups in total. The van der Waals surface area contributed by atoms with Crippen molar-refractivity contribution in [2.45, 2.75) is 31.3 Å². The van der Waals surface area contributed by atoms with E-state index in [1.807, 2.05) is 0 Å². The third kappa shape index (κ3) is 4.78. The number of benzene rings is 2. The first-order valence-electron chi connectivity index (χ1n) is 9.25. The van der Waals surface area contributed by atoms with Crippen LogP contribution in [0.5, 0.6) is 5.75 Å². The lowest BCUT2D eigenvalue weighted by atomic mass is 9.90. The zero-order valence-electron chi connectivity index (χ0n) is 16.4. The molecule has 2 aromatic carbocycles. The fourth-order valence-electron chi connectivity index (χ4n) is 3.16. The third-order valence-corrected chi connectivity index (χ3v) is 5.47. The standard InChI is InChI=1S/C21H15ClF6N2O2/c1-11(20(23,24)25)32-16-7-4-13(8-29)18(22)17(16)19(31)30-9-14(10-30)12-2-5-15(6-3-12)21(26,27)28/h2-7,11,14H,9-10H2,1H3. The molecule has 1 unspecified atom stereocenters. The Hall–Kier alpha value is -2.93. The molecule has 0 bridgehead atoms. The molecule has 170 valence electrons. The van der Waals surface area contributed by atoms with E-state index in [1.54, 1.807) is 6.07 Å². The van der Waals surface area contributed by atoms with Gasteiger partial charge in [0.15, 0.2) is 6.10 Å². The molecule has 0 saturated carbocycles. The van der Waals surface area contributed by atoms with Crippen molar-refractivity contribution in [2.75, 3.05) is 13.1 Å². The van der Waals surface area contributed by atoms with Gasteiger partial charge in [-0.05, 0) is 36.8 Å². The highest BCUT2D eigenvalue weighted by Crippen LogP contribution is 2.37. The maximum atomic E-state index is 13.0. The third-order valence-electron chi connectivity index (χ3n) is 5.08. The van der Waals surface area contributed by atoms with Gasteiger partial charge >= 0.3 is 12.4 Å². The highest BCUT2D eigenvalue weighted by molar-refractivity contribution is 6.35. The van der Waals surface area contributed by atoms with Crippen molar-refractivity contribution >= 4 is 17.5 Å². The summed E-state index contributed by atoms with van der Waals surface area (Å²) in [6, 6.07) is 8.50. The number of likely N-dealkylation sites (tertiary alicyclic amines) is 1. The minimum atomic E-state index is -4.69. The Balaban J connectivity index is 1.80. The molecule has 1 fully saturated rings. The van der Waals surface area contributed by atoms with Crippen molar-refractivity contribution in [3.8, 4) is 11.8 Å². The number of halogens is 7. The molecule has 11 heteroatoms. The molecular weight excluding hydrogens is 462 g/mol. The Morgan fingerprint density at radius 3 is 2.22 bits per heavy atom. The zero-order chi connectivity index (χ0) is 23.8. The number of rotatable bonds is 4. The van der Waals surface area contributed by atoms with E-state index in [2.05, 4.69) is 0 Å². The second-order valence-electron chi connectivity index (χ2n) is 7.24. The first-order chi connectivity index (χ1) is 14.8. The van der Waals surface area contributed by atoms with Gasteiger partial charge in [0.05, 0.1) is 16.1 Å². The average molecular weight is 477 g/mol. The molecule has 4 nitrogen and oxygen atoms in total. The second kappa shape index (κ2) is 8.54. The summed E-state index contributed by atoms with van der Waals surface area (Å²) in [7, 11) is 0. The highest BCUT2D eigenvalue weighted by Gasteiger charge is 2.40. The van der Waals surface area contributed by atoms with Crippen LogP contribution in [0.3, 0.4) is 0 Å². The normalized spacial score (nSPS) is 15.7. The summed E-state index contributed by atoms with van der Waals surface area (Å²) in [5.74, 6) is -1.40. The Kier molecular flexibility index (Phi) is 6.33. The Bertz CT molecular complexity index is 1050. The van der Waals surface area contributed by atoms with Gasteiger partial charge in [0, 0.05) is 19.0 Å². The van der Waals surface area contributed by atoms with Crippen LogP contribution in [-0.2, 0) is 6.18 Å². The molecule has 0 spiro atoms. The number of alkyl halides is 6. The summed E-state index contributed by atoms with van der Waals surface area (Å²) in [5, 5.41) is 8.82. The first kappa shape index (κ1) is 23.7. The average Bonchev–Trinajstić information content (AvgIpc) is 2.66. The lowest BCUT2D eigenvalue weighted by Gasteiger charge is -2.40. The number of nitriles is 1. The monoisotopic (exact) mass is 476 g/mol. The van der Waals surface area contributed by atoms with Crippen molar-refractivity contribution in [3.05, 3.63) is 63.7 Å². The molecule has 0 aromatic heterocycles. The largest absolute Gasteiger partial charge is 0.480 e. The van der Waals surface area contributed by atoms with Gasteiger partial charge in [-0.25, -0.2) is 0 Å². The molecule has 1 amide bonds. The second-order valence-corrected chi connectivity index (χ2v) is 7.62. The fourth-order valence-corrected chi connectivity index (χ4v) is 3.44. The minimum Gasteiger partial charge on any atom is -0.480 e. The van der Waals surface area contributed by atoms with Gasteiger partial charge in [-0.15, -0.1) is 0 Å². The minimum absolute atomic E-state index is 0.109. The molecule has 1 saturated heterocycles. The van der Waals surface area contributed by atoms with Crippen molar-refractivity contribution in [3.63, 3.8) is 0 Å². The van der Waals surface area contributed by atoms with Crippen LogP contribution in [0, 0.1) is 11.3 Å². The van der Waals surface area contributed by atoms with Crippen molar-refractivity contribution in [2.24, 2.45) is 0 Å². The van der Waals surface area contributed by atoms with Crippen LogP contribution in [0.2, 0.25) is 5.02 Å². The Morgan fingerprint density at radius 1 is 1.12 bits per heavy atom. The zero-order valence-corrected chi connectivity index (χ0v) is 17.1. The van der Waals surface area contributed by atoms with Crippen LogP contribution >= 0.6 is 11.6 Å². The summed E-state index contributed by atoms with van der Waals surface area (Å²) in [6.07, 6.45) is -11.4. The topological polar surface area (TPSA) is 53.3 Å². The molecule has 0 aliphatic carbocycles. The van der Waals surface area contributed by atoms with E-state index in [9.17, 15) is 31.1 Å². The maximum Gasteiger partial charge on any atom is 0.425 e. The van der Waals surface area contributed by atoms with E-state index in [-0.39, 0.29) is 35.2 Å². The lowest BCUT2D eigenvalue weighted by Crippen LogP contribution is -2.48. The van der Waals surface area contributed by atoms with Gasteiger partial charge in [0.25, 0.3) is 5.91 Å². The number of nitrogens with zero attached hydrogens (tertiary/aromatic N) is 2.